The van der Waals surface area contributed by atoms with Crippen LogP contribution in [0.3, 0.4) is 0 Å². The minimum absolute atomic E-state index is 0.159. The maximum absolute atomic E-state index is 11.7. The van der Waals surface area contributed by atoms with Gasteiger partial charge >= 0.3 is 5.97 Å². The predicted octanol–water partition coefficient (Wildman–Crippen LogP) is -0.428. The first-order valence-corrected chi connectivity index (χ1v) is 6.05. The number of nitrogens with zero attached hydrogens (tertiary/aromatic N) is 1. The maximum atomic E-state index is 11.7. The summed E-state index contributed by atoms with van der Waals surface area (Å²) in [5.41, 5.74) is 0.857. The number of carboxylic acids is 1. The SMILES string of the molecule is O=C(O)CON1C[C@H](NC(=O)Cc2ccccc2)C1=O. The summed E-state index contributed by atoms with van der Waals surface area (Å²) in [6, 6.07) is 8.53. The number of carbonyl (C=O) groups excluding carboxylic acids is 2. The van der Waals surface area contributed by atoms with Crippen LogP contribution in [0, 0.1) is 0 Å². The fourth-order valence-corrected chi connectivity index (χ4v) is 1.78. The van der Waals surface area contributed by atoms with E-state index in [9.17, 15) is 14.4 Å². The number of hydroxylamine groups is 2. The molecule has 2 rings (SSSR count). The Bertz CT molecular complexity index is 517. The summed E-state index contributed by atoms with van der Waals surface area (Å²) in [7, 11) is 0. The predicted molar refractivity (Wildman–Crippen MR) is 67.4 cm³/mol. The highest BCUT2D eigenvalue weighted by atomic mass is 16.7. The first-order chi connectivity index (χ1) is 9.56. The topological polar surface area (TPSA) is 95.9 Å². The summed E-state index contributed by atoms with van der Waals surface area (Å²) in [5, 5.41) is 11.9. The number of benzene rings is 1. The zero-order valence-electron chi connectivity index (χ0n) is 10.6. The van der Waals surface area contributed by atoms with E-state index in [4.69, 9.17) is 9.94 Å². The summed E-state index contributed by atoms with van der Waals surface area (Å²) in [5.74, 6) is -1.85. The highest BCUT2D eigenvalue weighted by Crippen LogP contribution is 2.11. The smallest absolute Gasteiger partial charge is 0.332 e. The van der Waals surface area contributed by atoms with Gasteiger partial charge in [0.1, 0.15) is 6.04 Å². The zero-order valence-corrected chi connectivity index (χ0v) is 10.6. The van der Waals surface area contributed by atoms with Crippen LogP contribution < -0.4 is 5.32 Å². The van der Waals surface area contributed by atoms with Crippen molar-refractivity contribution in [2.75, 3.05) is 13.2 Å². The molecule has 2 N–H and O–H groups in total. The lowest BCUT2D eigenvalue weighted by atomic mass is 10.1. The third-order valence-electron chi connectivity index (χ3n) is 2.78. The van der Waals surface area contributed by atoms with Crippen molar-refractivity contribution in [2.45, 2.75) is 12.5 Å². The van der Waals surface area contributed by atoms with Gasteiger partial charge in [0.05, 0.1) is 13.0 Å². The van der Waals surface area contributed by atoms with Crippen molar-refractivity contribution in [1.82, 2.24) is 10.4 Å². The lowest BCUT2D eigenvalue weighted by Crippen LogP contribution is -2.63. The number of nitrogens with one attached hydrogen (secondary N) is 1. The van der Waals surface area contributed by atoms with Gasteiger partial charge in [-0.2, -0.15) is 0 Å². The standard InChI is InChI=1S/C13H14N2O5/c16-11(6-9-4-2-1-3-5-9)14-10-7-15(13(10)19)20-8-12(17)18/h1-5,10H,6-8H2,(H,14,16)(H,17,18)/t10-/m0/s1. The molecule has 1 heterocycles. The van der Waals surface area contributed by atoms with Crippen molar-refractivity contribution in [1.29, 1.82) is 0 Å². The number of hydrogen-bond acceptors (Lipinski definition) is 4. The third kappa shape index (κ3) is 3.55. The van der Waals surface area contributed by atoms with Crippen LogP contribution in [0.25, 0.3) is 0 Å². The molecule has 0 radical (unpaired) electrons. The zero-order chi connectivity index (χ0) is 14.5. The fraction of sp³-hybridized carbons (Fsp3) is 0.308. The molecule has 106 valence electrons. The van der Waals surface area contributed by atoms with E-state index < -0.39 is 24.5 Å². The summed E-state index contributed by atoms with van der Waals surface area (Å²) < 4.78 is 0. The number of carbonyl (C=O) groups is 3. The van der Waals surface area contributed by atoms with Crippen molar-refractivity contribution < 1.29 is 24.3 Å². The van der Waals surface area contributed by atoms with Crippen LogP contribution in [0.1, 0.15) is 5.56 Å². The molecule has 0 aromatic heterocycles. The quantitative estimate of drug-likeness (QED) is 0.688. The summed E-state index contributed by atoms with van der Waals surface area (Å²) >= 11 is 0. The van der Waals surface area contributed by atoms with Crippen LogP contribution in [0.5, 0.6) is 0 Å². The second kappa shape index (κ2) is 6.16. The normalized spacial score (nSPS) is 17.5. The Hall–Kier alpha value is -2.41. The minimum Gasteiger partial charge on any atom is -0.479 e. The Morgan fingerprint density at radius 3 is 2.65 bits per heavy atom. The van der Waals surface area contributed by atoms with Crippen molar-refractivity contribution in [3.05, 3.63) is 35.9 Å². The van der Waals surface area contributed by atoms with Crippen LogP contribution in [0.2, 0.25) is 0 Å². The van der Waals surface area contributed by atoms with Gasteiger partial charge in [0.2, 0.25) is 5.91 Å². The lowest BCUT2D eigenvalue weighted by molar-refractivity contribution is -0.216. The molecule has 0 saturated carbocycles. The molecule has 0 bridgehead atoms. The van der Waals surface area contributed by atoms with Gasteiger partial charge in [-0.15, -0.1) is 0 Å². The van der Waals surface area contributed by atoms with Crippen LogP contribution >= 0.6 is 0 Å². The van der Waals surface area contributed by atoms with E-state index in [1.165, 1.54) is 0 Å². The van der Waals surface area contributed by atoms with E-state index in [1.54, 1.807) is 0 Å². The van der Waals surface area contributed by atoms with Crippen LogP contribution in [0.15, 0.2) is 30.3 Å². The highest BCUT2D eigenvalue weighted by molar-refractivity contribution is 5.92. The largest absolute Gasteiger partial charge is 0.479 e. The van der Waals surface area contributed by atoms with Crippen LogP contribution in [-0.4, -0.2) is 47.1 Å². The van der Waals surface area contributed by atoms with E-state index in [1.807, 2.05) is 30.3 Å². The molecular formula is C13H14N2O5. The number of β-lactam (4-membered cyclic amide) rings is 1. The number of carboxylic acid groups (broad SMARTS) is 1. The third-order valence-corrected chi connectivity index (χ3v) is 2.78. The van der Waals surface area contributed by atoms with Gasteiger partial charge in [0, 0.05) is 0 Å². The molecule has 1 aliphatic rings. The molecule has 1 aromatic rings. The summed E-state index contributed by atoms with van der Waals surface area (Å²) in [4.78, 5) is 38.3. The minimum atomic E-state index is -1.16. The molecule has 20 heavy (non-hydrogen) atoms. The van der Waals surface area contributed by atoms with Crippen LogP contribution in [0.4, 0.5) is 0 Å². The molecule has 7 nitrogen and oxygen atoms in total. The maximum Gasteiger partial charge on any atom is 0.332 e. The molecule has 1 saturated heterocycles. The molecule has 2 amide bonds. The Morgan fingerprint density at radius 1 is 1.35 bits per heavy atom. The van der Waals surface area contributed by atoms with Crippen molar-refractivity contribution >= 4 is 17.8 Å². The number of aliphatic carboxylic acids is 1. The average Bonchev–Trinajstić information content (AvgIpc) is 2.42. The lowest BCUT2D eigenvalue weighted by Gasteiger charge is -2.36. The molecule has 1 fully saturated rings. The van der Waals surface area contributed by atoms with Gasteiger partial charge in [-0.05, 0) is 5.56 Å². The van der Waals surface area contributed by atoms with Gasteiger partial charge in [-0.1, -0.05) is 30.3 Å². The van der Waals surface area contributed by atoms with Gasteiger partial charge in [-0.25, -0.2) is 9.86 Å². The number of hydrogen-bond donors (Lipinski definition) is 2. The number of amides is 2. The van der Waals surface area contributed by atoms with Crippen molar-refractivity contribution in [3.63, 3.8) is 0 Å². The van der Waals surface area contributed by atoms with E-state index in [0.29, 0.717) is 0 Å². The average molecular weight is 278 g/mol. The molecule has 1 atom stereocenters. The molecule has 0 aliphatic carbocycles. The van der Waals surface area contributed by atoms with E-state index in [-0.39, 0.29) is 18.9 Å². The summed E-state index contributed by atoms with van der Waals surface area (Å²) in [6.07, 6.45) is 0.195. The van der Waals surface area contributed by atoms with Gasteiger partial charge in [0.25, 0.3) is 5.91 Å². The molecule has 0 unspecified atom stereocenters. The van der Waals surface area contributed by atoms with Gasteiger partial charge in [-0.3, -0.25) is 14.4 Å². The molecule has 7 heteroatoms. The Labute approximate surface area is 115 Å². The molecule has 1 aliphatic heterocycles. The van der Waals surface area contributed by atoms with E-state index >= 15 is 0 Å². The Balaban J connectivity index is 1.74. The van der Waals surface area contributed by atoms with Gasteiger partial charge in [0.15, 0.2) is 6.61 Å². The first-order valence-electron chi connectivity index (χ1n) is 6.05. The highest BCUT2D eigenvalue weighted by Gasteiger charge is 2.39. The summed E-state index contributed by atoms with van der Waals surface area (Å²) in [6.45, 7) is -0.414. The van der Waals surface area contributed by atoms with Gasteiger partial charge < -0.3 is 10.4 Å². The second-order valence-corrected chi connectivity index (χ2v) is 4.35. The van der Waals surface area contributed by atoms with Crippen LogP contribution in [-0.2, 0) is 25.6 Å². The second-order valence-electron chi connectivity index (χ2n) is 4.35. The molecular weight excluding hydrogens is 264 g/mol. The van der Waals surface area contributed by atoms with Crippen molar-refractivity contribution in [2.24, 2.45) is 0 Å². The Morgan fingerprint density at radius 2 is 2.05 bits per heavy atom. The Kier molecular flexibility index (Phi) is 4.31. The first kappa shape index (κ1) is 14.0. The monoisotopic (exact) mass is 278 g/mol. The number of rotatable bonds is 6. The molecule has 0 spiro atoms. The van der Waals surface area contributed by atoms with Crippen molar-refractivity contribution in [3.8, 4) is 0 Å². The van der Waals surface area contributed by atoms with E-state index in [0.717, 1.165) is 10.6 Å². The van der Waals surface area contributed by atoms with E-state index in [2.05, 4.69) is 5.32 Å². The molecule has 1 aromatic carbocycles. The fourth-order valence-electron chi connectivity index (χ4n) is 1.78.